The van der Waals surface area contributed by atoms with Gasteiger partial charge in [-0.05, 0) is 35.9 Å². The van der Waals surface area contributed by atoms with Crippen molar-refractivity contribution in [2.75, 3.05) is 38.1 Å². The number of nitrogens with one attached hydrogen (secondary N) is 1. The van der Waals surface area contributed by atoms with E-state index in [2.05, 4.69) is 30.2 Å². The summed E-state index contributed by atoms with van der Waals surface area (Å²) in [5.41, 5.74) is 1.76. The van der Waals surface area contributed by atoms with Crippen molar-refractivity contribution in [1.82, 2.24) is 25.0 Å². The quantitative estimate of drug-likeness (QED) is 0.544. The fourth-order valence-corrected chi connectivity index (χ4v) is 3.48. The topological polar surface area (TPSA) is 61.6 Å². The summed E-state index contributed by atoms with van der Waals surface area (Å²) in [6.45, 7) is 3.70. The summed E-state index contributed by atoms with van der Waals surface area (Å²) >= 11 is 0. The lowest BCUT2D eigenvalue weighted by molar-refractivity contribution is 0.370. The van der Waals surface area contributed by atoms with Crippen LogP contribution in [-0.4, -0.2) is 58.9 Å². The summed E-state index contributed by atoms with van der Waals surface area (Å²) < 4.78 is 15.8. The van der Waals surface area contributed by atoms with Crippen molar-refractivity contribution in [2.24, 2.45) is 4.99 Å². The van der Waals surface area contributed by atoms with Gasteiger partial charge in [0.2, 0.25) is 0 Å². The van der Waals surface area contributed by atoms with E-state index >= 15 is 0 Å². The standard InChI is InChI=1S/C21H24FN7/c1-23-21(25-16-17-7-9-24-20(15-17)29-10-4-8-26-29)28-13-11-27(12-14-28)19-6-3-2-5-18(19)22/h2-10,15H,11-14,16H2,1H3,(H,23,25). The van der Waals surface area contributed by atoms with E-state index in [4.69, 9.17) is 0 Å². The number of para-hydroxylation sites is 1. The van der Waals surface area contributed by atoms with Crippen LogP contribution in [0.3, 0.4) is 0 Å². The lowest BCUT2D eigenvalue weighted by atomic mass is 10.2. The highest BCUT2D eigenvalue weighted by Gasteiger charge is 2.21. The van der Waals surface area contributed by atoms with Gasteiger partial charge >= 0.3 is 0 Å². The number of aromatic nitrogens is 3. The first kappa shape index (κ1) is 18.9. The Morgan fingerprint density at radius 3 is 2.66 bits per heavy atom. The zero-order valence-electron chi connectivity index (χ0n) is 16.4. The smallest absolute Gasteiger partial charge is 0.194 e. The second-order valence-corrected chi connectivity index (χ2v) is 6.80. The van der Waals surface area contributed by atoms with Crippen molar-refractivity contribution in [2.45, 2.75) is 6.54 Å². The number of pyridine rings is 1. The predicted octanol–water partition coefficient (Wildman–Crippen LogP) is 2.30. The Bertz CT molecular complexity index is 963. The number of hydrogen-bond acceptors (Lipinski definition) is 4. The Balaban J connectivity index is 1.35. The maximum atomic E-state index is 14.0. The number of guanidine groups is 1. The molecule has 2 aromatic heterocycles. The van der Waals surface area contributed by atoms with E-state index in [0.29, 0.717) is 12.2 Å². The van der Waals surface area contributed by atoms with E-state index in [1.807, 2.05) is 36.5 Å². The Labute approximate surface area is 169 Å². The minimum Gasteiger partial charge on any atom is -0.366 e. The van der Waals surface area contributed by atoms with Crippen LogP contribution in [0.5, 0.6) is 0 Å². The number of nitrogens with zero attached hydrogens (tertiary/aromatic N) is 6. The number of piperazine rings is 1. The minimum absolute atomic E-state index is 0.172. The number of halogens is 1. The summed E-state index contributed by atoms with van der Waals surface area (Å²) in [7, 11) is 1.79. The van der Waals surface area contributed by atoms with E-state index in [9.17, 15) is 4.39 Å². The maximum Gasteiger partial charge on any atom is 0.194 e. The molecule has 0 bridgehead atoms. The number of anilines is 1. The van der Waals surface area contributed by atoms with E-state index in [-0.39, 0.29) is 5.82 Å². The van der Waals surface area contributed by atoms with E-state index in [1.165, 1.54) is 6.07 Å². The Morgan fingerprint density at radius 1 is 1.10 bits per heavy atom. The molecule has 1 fully saturated rings. The summed E-state index contributed by atoms with van der Waals surface area (Å²) in [6.07, 6.45) is 5.38. The molecular weight excluding hydrogens is 369 g/mol. The van der Waals surface area contributed by atoms with Crippen LogP contribution in [-0.2, 0) is 6.54 Å². The molecule has 0 saturated carbocycles. The molecular formula is C21H24FN7. The molecule has 29 heavy (non-hydrogen) atoms. The highest BCUT2D eigenvalue weighted by molar-refractivity contribution is 5.80. The van der Waals surface area contributed by atoms with Crippen molar-refractivity contribution in [3.63, 3.8) is 0 Å². The minimum atomic E-state index is -0.172. The van der Waals surface area contributed by atoms with Crippen LogP contribution in [0.15, 0.2) is 66.0 Å². The van der Waals surface area contributed by atoms with Gasteiger partial charge in [-0.3, -0.25) is 4.99 Å². The Hall–Kier alpha value is -3.42. The van der Waals surface area contributed by atoms with Crippen LogP contribution in [0.1, 0.15) is 5.56 Å². The van der Waals surface area contributed by atoms with Crippen molar-refractivity contribution in [1.29, 1.82) is 0 Å². The van der Waals surface area contributed by atoms with Gasteiger partial charge in [-0.15, -0.1) is 0 Å². The van der Waals surface area contributed by atoms with Gasteiger partial charge in [-0.25, -0.2) is 14.1 Å². The van der Waals surface area contributed by atoms with Gasteiger partial charge in [0, 0.05) is 58.4 Å². The first-order chi connectivity index (χ1) is 14.2. The summed E-state index contributed by atoms with van der Waals surface area (Å²) in [6, 6.07) is 12.8. The molecule has 3 aromatic rings. The molecule has 1 N–H and O–H groups in total. The Morgan fingerprint density at radius 2 is 1.93 bits per heavy atom. The molecule has 0 radical (unpaired) electrons. The van der Waals surface area contributed by atoms with Crippen molar-refractivity contribution in [3.8, 4) is 5.82 Å². The van der Waals surface area contributed by atoms with Gasteiger partial charge < -0.3 is 15.1 Å². The zero-order valence-corrected chi connectivity index (χ0v) is 16.4. The van der Waals surface area contributed by atoms with Gasteiger partial charge in [0.15, 0.2) is 11.8 Å². The van der Waals surface area contributed by atoms with Crippen LogP contribution in [0.2, 0.25) is 0 Å². The van der Waals surface area contributed by atoms with E-state index < -0.39 is 0 Å². The SMILES string of the molecule is CN=C(NCc1ccnc(-n2cccn2)c1)N1CCN(c2ccccc2F)CC1. The van der Waals surface area contributed by atoms with Crippen molar-refractivity contribution >= 4 is 11.6 Å². The Kier molecular flexibility index (Phi) is 5.69. The van der Waals surface area contributed by atoms with Gasteiger partial charge in [-0.1, -0.05) is 12.1 Å². The molecule has 1 saturated heterocycles. The van der Waals surface area contributed by atoms with Crippen LogP contribution in [0.4, 0.5) is 10.1 Å². The average molecular weight is 393 g/mol. The molecule has 1 aliphatic heterocycles. The van der Waals surface area contributed by atoms with Gasteiger partial charge in [-0.2, -0.15) is 5.10 Å². The third kappa shape index (κ3) is 4.37. The molecule has 8 heteroatoms. The molecule has 7 nitrogen and oxygen atoms in total. The highest BCUT2D eigenvalue weighted by atomic mass is 19.1. The van der Waals surface area contributed by atoms with Crippen LogP contribution in [0, 0.1) is 5.82 Å². The second kappa shape index (κ2) is 8.72. The second-order valence-electron chi connectivity index (χ2n) is 6.80. The third-order valence-corrected chi connectivity index (χ3v) is 4.98. The third-order valence-electron chi connectivity index (χ3n) is 4.98. The van der Waals surface area contributed by atoms with Gasteiger partial charge in [0.1, 0.15) is 5.82 Å². The van der Waals surface area contributed by atoms with Crippen molar-refractivity contribution < 1.29 is 4.39 Å². The maximum absolute atomic E-state index is 14.0. The number of benzene rings is 1. The monoisotopic (exact) mass is 393 g/mol. The molecule has 4 rings (SSSR count). The molecule has 0 spiro atoms. The molecule has 0 unspecified atom stereocenters. The highest BCUT2D eigenvalue weighted by Crippen LogP contribution is 2.20. The summed E-state index contributed by atoms with van der Waals surface area (Å²) in [5, 5.41) is 7.64. The molecule has 0 atom stereocenters. The molecule has 0 aliphatic carbocycles. The largest absolute Gasteiger partial charge is 0.366 e. The molecule has 0 amide bonds. The zero-order chi connectivity index (χ0) is 20.1. The number of hydrogen-bond donors (Lipinski definition) is 1. The van der Waals surface area contributed by atoms with Crippen LogP contribution >= 0.6 is 0 Å². The first-order valence-electron chi connectivity index (χ1n) is 9.64. The van der Waals surface area contributed by atoms with Crippen molar-refractivity contribution in [3.05, 3.63) is 72.4 Å². The predicted molar refractivity (Wildman–Crippen MR) is 112 cm³/mol. The van der Waals surface area contributed by atoms with Gasteiger partial charge in [0.25, 0.3) is 0 Å². The summed E-state index contributed by atoms with van der Waals surface area (Å²) in [5.74, 6) is 1.45. The normalized spacial score (nSPS) is 14.9. The van der Waals surface area contributed by atoms with E-state index in [1.54, 1.807) is 30.2 Å². The van der Waals surface area contributed by atoms with Crippen LogP contribution in [0.25, 0.3) is 5.82 Å². The average Bonchev–Trinajstić information content (AvgIpc) is 3.30. The number of aliphatic imine (C=N–C) groups is 1. The lowest BCUT2D eigenvalue weighted by Crippen LogP contribution is -2.52. The molecule has 1 aromatic carbocycles. The fourth-order valence-electron chi connectivity index (χ4n) is 3.48. The summed E-state index contributed by atoms with van der Waals surface area (Å²) in [4.78, 5) is 13.1. The lowest BCUT2D eigenvalue weighted by Gasteiger charge is -2.37. The van der Waals surface area contributed by atoms with E-state index in [0.717, 1.165) is 43.5 Å². The molecule has 3 heterocycles. The van der Waals surface area contributed by atoms with Gasteiger partial charge in [0.05, 0.1) is 5.69 Å². The molecule has 1 aliphatic rings. The van der Waals surface area contributed by atoms with Crippen LogP contribution < -0.4 is 10.2 Å². The fraction of sp³-hybridized carbons (Fsp3) is 0.286. The molecule has 150 valence electrons. The number of rotatable bonds is 4. The first-order valence-corrected chi connectivity index (χ1v) is 9.64.